The molecule has 0 saturated carbocycles. The molecule has 0 spiro atoms. The third-order valence-corrected chi connectivity index (χ3v) is 2.90. The third-order valence-electron chi connectivity index (χ3n) is 2.90. The second-order valence-corrected chi connectivity index (χ2v) is 4.40. The maximum Gasteiger partial charge on any atom is 0.189 e. The number of rotatable bonds is 6. The second-order valence-electron chi connectivity index (χ2n) is 4.40. The zero-order valence-electron chi connectivity index (χ0n) is 11.1. The molecule has 2 aromatic carbocycles. The zero-order chi connectivity index (χ0) is 13.5. The molecule has 0 amide bonds. The van der Waals surface area contributed by atoms with Gasteiger partial charge in [-0.15, -0.1) is 0 Å². The van der Waals surface area contributed by atoms with Gasteiger partial charge < -0.3 is 15.2 Å². The lowest BCUT2D eigenvalue weighted by atomic mass is 10.1. The summed E-state index contributed by atoms with van der Waals surface area (Å²) in [5.74, 6) is 0.830. The molecular formula is C16H19NO2. The van der Waals surface area contributed by atoms with E-state index in [2.05, 4.69) is 0 Å². The highest BCUT2D eigenvalue weighted by molar-refractivity contribution is 5.36. The number of aryl methyl sites for hydroxylation is 1. The lowest BCUT2D eigenvalue weighted by Crippen LogP contribution is -2.05. The molecule has 100 valence electrons. The SMILES string of the molecule is Cc1ccc(CN)cc1OCOCc1ccccc1. The average molecular weight is 257 g/mol. The van der Waals surface area contributed by atoms with Crippen molar-refractivity contribution in [3.8, 4) is 5.75 Å². The molecule has 0 bridgehead atoms. The fraction of sp³-hybridized carbons (Fsp3) is 0.250. The van der Waals surface area contributed by atoms with Gasteiger partial charge in [0.25, 0.3) is 0 Å². The standard InChI is InChI=1S/C16H19NO2/c1-13-7-8-15(10-17)9-16(13)19-12-18-11-14-5-3-2-4-6-14/h2-9H,10-12,17H2,1H3. The molecule has 3 nitrogen and oxygen atoms in total. The maximum atomic E-state index is 5.62. The van der Waals surface area contributed by atoms with Crippen LogP contribution in [0.1, 0.15) is 16.7 Å². The molecule has 19 heavy (non-hydrogen) atoms. The van der Waals surface area contributed by atoms with Crippen LogP contribution in [0.3, 0.4) is 0 Å². The molecule has 0 aliphatic heterocycles. The number of benzene rings is 2. The Hall–Kier alpha value is -1.84. The summed E-state index contributed by atoms with van der Waals surface area (Å²) in [5.41, 5.74) is 8.89. The van der Waals surface area contributed by atoms with E-state index in [1.807, 2.05) is 55.5 Å². The van der Waals surface area contributed by atoms with Crippen molar-refractivity contribution < 1.29 is 9.47 Å². The molecule has 0 radical (unpaired) electrons. The van der Waals surface area contributed by atoms with Gasteiger partial charge in [0.15, 0.2) is 6.79 Å². The van der Waals surface area contributed by atoms with E-state index in [1.165, 1.54) is 0 Å². The fourth-order valence-corrected chi connectivity index (χ4v) is 1.77. The minimum atomic E-state index is 0.240. The number of ether oxygens (including phenoxy) is 2. The highest BCUT2D eigenvalue weighted by Crippen LogP contribution is 2.19. The van der Waals surface area contributed by atoms with Gasteiger partial charge in [0.2, 0.25) is 0 Å². The zero-order valence-corrected chi connectivity index (χ0v) is 11.1. The van der Waals surface area contributed by atoms with Crippen LogP contribution in [0, 0.1) is 6.92 Å². The first-order valence-electron chi connectivity index (χ1n) is 6.33. The Morgan fingerprint density at radius 1 is 1.00 bits per heavy atom. The van der Waals surface area contributed by atoms with Crippen molar-refractivity contribution >= 4 is 0 Å². The Morgan fingerprint density at radius 3 is 2.53 bits per heavy atom. The molecule has 0 atom stereocenters. The predicted molar refractivity (Wildman–Crippen MR) is 75.8 cm³/mol. The van der Waals surface area contributed by atoms with Crippen LogP contribution in [0.25, 0.3) is 0 Å². The van der Waals surface area contributed by atoms with Gasteiger partial charge in [-0.1, -0.05) is 42.5 Å². The van der Waals surface area contributed by atoms with Gasteiger partial charge in [-0.3, -0.25) is 0 Å². The Labute approximate surface area is 114 Å². The minimum absolute atomic E-state index is 0.240. The topological polar surface area (TPSA) is 44.5 Å². The summed E-state index contributed by atoms with van der Waals surface area (Å²) in [6.07, 6.45) is 0. The largest absolute Gasteiger partial charge is 0.467 e. The van der Waals surface area contributed by atoms with E-state index in [0.29, 0.717) is 13.2 Å². The summed E-state index contributed by atoms with van der Waals surface area (Å²) >= 11 is 0. The molecule has 2 rings (SSSR count). The Kier molecular flexibility index (Phi) is 4.95. The summed E-state index contributed by atoms with van der Waals surface area (Å²) in [4.78, 5) is 0. The van der Waals surface area contributed by atoms with Crippen LogP contribution < -0.4 is 10.5 Å². The quantitative estimate of drug-likeness (QED) is 0.639. The smallest absolute Gasteiger partial charge is 0.189 e. The third kappa shape index (κ3) is 4.09. The second kappa shape index (κ2) is 6.92. The highest BCUT2D eigenvalue weighted by atomic mass is 16.7. The van der Waals surface area contributed by atoms with E-state index >= 15 is 0 Å². The molecule has 2 aromatic rings. The van der Waals surface area contributed by atoms with E-state index < -0.39 is 0 Å². The summed E-state index contributed by atoms with van der Waals surface area (Å²) < 4.78 is 11.1. The molecule has 0 saturated heterocycles. The molecule has 0 unspecified atom stereocenters. The Bertz CT molecular complexity index is 511. The monoisotopic (exact) mass is 257 g/mol. The fourth-order valence-electron chi connectivity index (χ4n) is 1.77. The van der Waals surface area contributed by atoms with Crippen LogP contribution in [0.5, 0.6) is 5.75 Å². The average Bonchev–Trinajstić information content (AvgIpc) is 2.46. The van der Waals surface area contributed by atoms with Gasteiger partial charge in [-0.2, -0.15) is 0 Å². The molecule has 3 heteroatoms. The first-order chi connectivity index (χ1) is 9.29. The lowest BCUT2D eigenvalue weighted by Gasteiger charge is -2.11. The van der Waals surface area contributed by atoms with E-state index in [9.17, 15) is 0 Å². The summed E-state index contributed by atoms with van der Waals surface area (Å²) in [6, 6.07) is 16.0. The molecule has 0 aromatic heterocycles. The van der Waals surface area contributed by atoms with E-state index in [1.54, 1.807) is 0 Å². The van der Waals surface area contributed by atoms with Crippen molar-refractivity contribution in [2.45, 2.75) is 20.1 Å². The van der Waals surface area contributed by atoms with Crippen molar-refractivity contribution in [2.75, 3.05) is 6.79 Å². The van der Waals surface area contributed by atoms with Crippen LogP contribution >= 0.6 is 0 Å². The summed E-state index contributed by atoms with van der Waals surface area (Å²) in [7, 11) is 0. The molecule has 0 heterocycles. The van der Waals surface area contributed by atoms with Gasteiger partial charge in [0.1, 0.15) is 5.75 Å². The van der Waals surface area contributed by atoms with Crippen molar-refractivity contribution in [2.24, 2.45) is 5.73 Å². The molecule has 0 fully saturated rings. The van der Waals surface area contributed by atoms with Gasteiger partial charge >= 0.3 is 0 Å². The molecule has 0 aliphatic carbocycles. The van der Waals surface area contributed by atoms with Gasteiger partial charge in [0, 0.05) is 6.54 Å². The van der Waals surface area contributed by atoms with Crippen molar-refractivity contribution in [3.63, 3.8) is 0 Å². The first-order valence-corrected chi connectivity index (χ1v) is 6.33. The van der Waals surface area contributed by atoms with Crippen LogP contribution in [-0.4, -0.2) is 6.79 Å². The molecule has 0 aliphatic rings. The van der Waals surface area contributed by atoms with E-state index in [0.717, 1.165) is 22.4 Å². The van der Waals surface area contributed by atoms with Gasteiger partial charge in [-0.25, -0.2) is 0 Å². The van der Waals surface area contributed by atoms with Crippen LogP contribution in [0.4, 0.5) is 0 Å². The Morgan fingerprint density at radius 2 is 1.79 bits per heavy atom. The number of hydrogen-bond acceptors (Lipinski definition) is 3. The number of hydrogen-bond donors (Lipinski definition) is 1. The van der Waals surface area contributed by atoms with E-state index in [4.69, 9.17) is 15.2 Å². The van der Waals surface area contributed by atoms with Crippen molar-refractivity contribution in [1.82, 2.24) is 0 Å². The molecular weight excluding hydrogens is 238 g/mol. The van der Waals surface area contributed by atoms with Crippen molar-refractivity contribution in [3.05, 3.63) is 65.2 Å². The minimum Gasteiger partial charge on any atom is -0.467 e. The van der Waals surface area contributed by atoms with E-state index in [-0.39, 0.29) is 6.79 Å². The van der Waals surface area contributed by atoms with Crippen molar-refractivity contribution in [1.29, 1.82) is 0 Å². The van der Waals surface area contributed by atoms with Crippen LogP contribution in [-0.2, 0) is 17.9 Å². The summed E-state index contributed by atoms with van der Waals surface area (Å²) in [5, 5.41) is 0. The summed E-state index contributed by atoms with van der Waals surface area (Å²) in [6.45, 7) is 3.31. The van der Waals surface area contributed by atoms with Crippen LogP contribution in [0.2, 0.25) is 0 Å². The van der Waals surface area contributed by atoms with Crippen LogP contribution in [0.15, 0.2) is 48.5 Å². The van der Waals surface area contributed by atoms with Gasteiger partial charge in [0.05, 0.1) is 6.61 Å². The maximum absolute atomic E-state index is 5.62. The van der Waals surface area contributed by atoms with Gasteiger partial charge in [-0.05, 0) is 29.7 Å². The lowest BCUT2D eigenvalue weighted by molar-refractivity contribution is 0.00465. The molecule has 2 N–H and O–H groups in total. The Balaban J connectivity index is 1.82. The number of nitrogens with two attached hydrogens (primary N) is 1. The highest BCUT2D eigenvalue weighted by Gasteiger charge is 2.01. The first kappa shape index (κ1) is 13.6. The normalized spacial score (nSPS) is 10.4. The predicted octanol–water partition coefficient (Wildman–Crippen LogP) is 3.01.